The third kappa shape index (κ3) is 1.80. The Morgan fingerprint density at radius 3 is 2.50 bits per heavy atom. The number of furan rings is 1. The highest BCUT2D eigenvalue weighted by molar-refractivity contribution is 5.96. The van der Waals surface area contributed by atoms with E-state index in [1.165, 1.54) is 19.1 Å². The number of hydrogen-bond donors (Lipinski definition) is 0. The second kappa shape index (κ2) is 3.37. The van der Waals surface area contributed by atoms with Crippen molar-refractivity contribution >= 4 is 16.8 Å². The van der Waals surface area contributed by atoms with E-state index in [2.05, 4.69) is 0 Å². The quantitative estimate of drug-likeness (QED) is 0.697. The van der Waals surface area contributed by atoms with E-state index in [0.717, 1.165) is 12.1 Å². The summed E-state index contributed by atoms with van der Waals surface area (Å²) in [6, 6.07) is 4.56. The van der Waals surface area contributed by atoms with Crippen molar-refractivity contribution in [2.75, 3.05) is 0 Å². The fourth-order valence-electron chi connectivity index (χ4n) is 1.38. The number of fused-ring (bicyclic) bond motifs is 1. The highest BCUT2D eigenvalue weighted by Gasteiger charge is 2.30. The van der Waals surface area contributed by atoms with Gasteiger partial charge in [-0.25, -0.2) is 0 Å². The molecule has 0 aliphatic carbocycles. The average molecular weight is 228 g/mol. The molecule has 0 aliphatic rings. The van der Waals surface area contributed by atoms with Crippen LogP contribution < -0.4 is 0 Å². The SMILES string of the molecule is CC(=O)c1cc2ccc(C(F)(F)F)cc2o1. The van der Waals surface area contributed by atoms with E-state index in [1.54, 1.807) is 0 Å². The van der Waals surface area contributed by atoms with Crippen molar-refractivity contribution in [3.63, 3.8) is 0 Å². The predicted octanol–water partition coefficient (Wildman–Crippen LogP) is 3.65. The maximum absolute atomic E-state index is 12.4. The van der Waals surface area contributed by atoms with E-state index in [-0.39, 0.29) is 17.1 Å². The second-order valence-corrected chi connectivity index (χ2v) is 3.42. The van der Waals surface area contributed by atoms with Gasteiger partial charge in [-0.15, -0.1) is 0 Å². The summed E-state index contributed by atoms with van der Waals surface area (Å²) in [6.07, 6.45) is -4.41. The van der Waals surface area contributed by atoms with Crippen LogP contribution in [0.2, 0.25) is 0 Å². The van der Waals surface area contributed by atoms with Crippen LogP contribution in [0.25, 0.3) is 11.0 Å². The zero-order valence-corrected chi connectivity index (χ0v) is 8.26. The number of halogens is 3. The van der Waals surface area contributed by atoms with Crippen LogP contribution in [0, 0.1) is 0 Å². The number of hydrogen-bond acceptors (Lipinski definition) is 2. The fraction of sp³-hybridized carbons (Fsp3) is 0.182. The number of carbonyl (C=O) groups excluding carboxylic acids is 1. The lowest BCUT2D eigenvalue weighted by atomic mass is 10.1. The molecule has 5 heteroatoms. The summed E-state index contributed by atoms with van der Waals surface area (Å²) >= 11 is 0. The van der Waals surface area contributed by atoms with Crippen molar-refractivity contribution in [3.05, 3.63) is 35.6 Å². The highest BCUT2D eigenvalue weighted by atomic mass is 19.4. The Balaban J connectivity index is 2.58. The van der Waals surface area contributed by atoms with Crippen LogP contribution in [0.5, 0.6) is 0 Å². The number of benzene rings is 1. The van der Waals surface area contributed by atoms with Crippen LogP contribution >= 0.6 is 0 Å². The van der Waals surface area contributed by atoms with Gasteiger partial charge in [0, 0.05) is 12.3 Å². The van der Waals surface area contributed by atoms with Gasteiger partial charge >= 0.3 is 6.18 Å². The van der Waals surface area contributed by atoms with Gasteiger partial charge in [-0.05, 0) is 18.2 Å². The fourth-order valence-corrected chi connectivity index (χ4v) is 1.38. The molecular weight excluding hydrogens is 221 g/mol. The Kier molecular flexibility index (Phi) is 2.26. The molecule has 0 saturated heterocycles. The Morgan fingerprint density at radius 2 is 1.94 bits per heavy atom. The molecule has 0 spiro atoms. The minimum absolute atomic E-state index is 0.0642. The molecule has 0 atom stereocenters. The van der Waals surface area contributed by atoms with Crippen LogP contribution in [0.3, 0.4) is 0 Å². The molecule has 0 radical (unpaired) electrons. The first-order valence-corrected chi connectivity index (χ1v) is 4.49. The smallest absolute Gasteiger partial charge is 0.416 e. The predicted molar refractivity (Wildman–Crippen MR) is 51.2 cm³/mol. The Labute approximate surface area is 88.7 Å². The first-order valence-electron chi connectivity index (χ1n) is 4.49. The molecule has 0 fully saturated rings. The molecule has 0 bridgehead atoms. The molecule has 84 valence electrons. The number of carbonyl (C=O) groups is 1. The highest BCUT2D eigenvalue weighted by Crippen LogP contribution is 2.32. The summed E-state index contributed by atoms with van der Waals surface area (Å²) in [5.41, 5.74) is -0.718. The Bertz CT molecular complexity index is 552. The van der Waals surface area contributed by atoms with Gasteiger partial charge in [0.1, 0.15) is 5.58 Å². The number of Topliss-reactive ketones (excluding diaryl/α,β-unsaturated/α-hetero) is 1. The standard InChI is InChI=1S/C11H7F3O2/c1-6(15)9-4-7-2-3-8(11(12,13)14)5-10(7)16-9/h2-5H,1H3. The van der Waals surface area contributed by atoms with Crippen LogP contribution in [0.15, 0.2) is 28.7 Å². The maximum Gasteiger partial charge on any atom is 0.416 e. The summed E-state index contributed by atoms with van der Waals surface area (Å²) in [6.45, 7) is 1.29. The van der Waals surface area contributed by atoms with Gasteiger partial charge in [-0.3, -0.25) is 4.79 Å². The van der Waals surface area contributed by atoms with Crippen LogP contribution in [-0.4, -0.2) is 5.78 Å². The van der Waals surface area contributed by atoms with E-state index in [0.29, 0.717) is 5.39 Å². The van der Waals surface area contributed by atoms with Crippen LogP contribution in [0.4, 0.5) is 13.2 Å². The average Bonchev–Trinajstić information content (AvgIpc) is 2.58. The minimum atomic E-state index is -4.41. The second-order valence-electron chi connectivity index (χ2n) is 3.42. The Hall–Kier alpha value is -1.78. The topological polar surface area (TPSA) is 30.2 Å². The molecule has 2 aromatic rings. The molecule has 0 saturated carbocycles. The van der Waals surface area contributed by atoms with E-state index >= 15 is 0 Å². The van der Waals surface area contributed by atoms with Gasteiger partial charge in [0.05, 0.1) is 5.56 Å². The normalized spacial score (nSPS) is 12.0. The summed E-state index contributed by atoms with van der Waals surface area (Å²) in [5.74, 6) is -0.251. The van der Waals surface area contributed by atoms with Gasteiger partial charge in [0.25, 0.3) is 0 Å². The molecule has 0 N–H and O–H groups in total. The summed E-state index contributed by atoms with van der Waals surface area (Å²) in [7, 11) is 0. The van der Waals surface area contributed by atoms with E-state index in [1.807, 2.05) is 0 Å². The van der Waals surface area contributed by atoms with Gasteiger partial charge < -0.3 is 4.42 Å². The van der Waals surface area contributed by atoms with E-state index < -0.39 is 11.7 Å². The lowest BCUT2D eigenvalue weighted by Crippen LogP contribution is -2.03. The van der Waals surface area contributed by atoms with Gasteiger partial charge in [0.2, 0.25) is 0 Å². The minimum Gasteiger partial charge on any atom is -0.453 e. The van der Waals surface area contributed by atoms with Gasteiger partial charge in [-0.2, -0.15) is 13.2 Å². The zero-order chi connectivity index (χ0) is 11.9. The lowest BCUT2D eigenvalue weighted by molar-refractivity contribution is -0.137. The molecule has 2 nitrogen and oxygen atoms in total. The zero-order valence-electron chi connectivity index (χ0n) is 8.26. The largest absolute Gasteiger partial charge is 0.453 e. The summed E-state index contributed by atoms with van der Waals surface area (Å²) < 4.78 is 42.1. The van der Waals surface area contributed by atoms with Crippen LogP contribution in [0.1, 0.15) is 23.0 Å². The van der Waals surface area contributed by atoms with E-state index in [4.69, 9.17) is 4.42 Å². The number of alkyl halides is 3. The monoisotopic (exact) mass is 228 g/mol. The number of rotatable bonds is 1. The molecule has 1 aromatic carbocycles. The van der Waals surface area contributed by atoms with E-state index in [9.17, 15) is 18.0 Å². The van der Waals surface area contributed by atoms with Crippen molar-refractivity contribution < 1.29 is 22.4 Å². The van der Waals surface area contributed by atoms with Crippen molar-refractivity contribution in [1.82, 2.24) is 0 Å². The molecule has 0 aliphatic heterocycles. The lowest BCUT2D eigenvalue weighted by Gasteiger charge is -2.04. The van der Waals surface area contributed by atoms with Gasteiger partial charge in [-0.1, -0.05) is 6.07 Å². The summed E-state index contributed by atoms with van der Waals surface area (Å²) in [4.78, 5) is 11.0. The molecule has 0 amide bonds. The van der Waals surface area contributed by atoms with Crippen LogP contribution in [-0.2, 0) is 6.18 Å². The maximum atomic E-state index is 12.4. The van der Waals surface area contributed by atoms with Crippen molar-refractivity contribution in [1.29, 1.82) is 0 Å². The number of ketones is 1. The van der Waals surface area contributed by atoms with Crippen molar-refractivity contribution in [3.8, 4) is 0 Å². The summed E-state index contributed by atoms with van der Waals surface area (Å²) in [5, 5.41) is 0.484. The van der Waals surface area contributed by atoms with Gasteiger partial charge in [0.15, 0.2) is 11.5 Å². The molecular formula is C11H7F3O2. The molecule has 2 rings (SSSR count). The van der Waals surface area contributed by atoms with Crippen molar-refractivity contribution in [2.45, 2.75) is 13.1 Å². The molecule has 1 heterocycles. The van der Waals surface area contributed by atoms with Crippen molar-refractivity contribution in [2.24, 2.45) is 0 Å². The first-order chi connectivity index (χ1) is 7.38. The first kappa shape index (κ1) is 10.7. The molecule has 16 heavy (non-hydrogen) atoms. The third-order valence-corrected chi connectivity index (χ3v) is 2.19. The molecule has 0 unspecified atom stereocenters. The Morgan fingerprint density at radius 1 is 1.25 bits per heavy atom. The third-order valence-electron chi connectivity index (χ3n) is 2.19. The molecule has 1 aromatic heterocycles.